The molecule has 1 aliphatic heterocycles. The number of unbranched alkanes of at least 4 members (excludes halogenated alkanes) is 2. The molecule has 1 aromatic rings. The molecule has 0 aliphatic carbocycles. The van der Waals surface area contributed by atoms with E-state index in [0.717, 1.165) is 75.5 Å². The molecule has 0 saturated carbocycles. The predicted molar refractivity (Wildman–Crippen MR) is 143 cm³/mol. The normalized spacial score (nSPS) is 16.1. The van der Waals surface area contributed by atoms with E-state index >= 15 is 4.39 Å². The molecular weight excluding hydrogens is 422 g/mol. The number of nitrogens with zero attached hydrogens (tertiary/aromatic N) is 2. The van der Waals surface area contributed by atoms with Crippen LogP contribution in [0.3, 0.4) is 0 Å². The largest absolute Gasteiger partial charge is 0.492 e. The molecule has 0 unspecified atom stereocenters. The summed E-state index contributed by atoms with van der Waals surface area (Å²) in [6.07, 6.45) is 12.1. The highest BCUT2D eigenvalue weighted by Crippen LogP contribution is 2.48. The first kappa shape index (κ1) is 28.4. The van der Waals surface area contributed by atoms with Crippen molar-refractivity contribution < 1.29 is 9.13 Å². The molecule has 2 rings (SSSR count). The van der Waals surface area contributed by atoms with E-state index in [2.05, 4.69) is 57.6 Å². The highest BCUT2D eigenvalue weighted by Gasteiger charge is 2.42. The highest BCUT2D eigenvalue weighted by atomic mass is 19.1. The van der Waals surface area contributed by atoms with Gasteiger partial charge in [0.1, 0.15) is 18.2 Å². The maximum atomic E-state index is 15.8. The third kappa shape index (κ3) is 7.35. The second kappa shape index (κ2) is 14.6. The van der Waals surface area contributed by atoms with Crippen molar-refractivity contribution in [3.63, 3.8) is 0 Å². The number of hydrogen-bond acceptors (Lipinski definition) is 3. The van der Waals surface area contributed by atoms with E-state index in [1.807, 2.05) is 0 Å². The van der Waals surface area contributed by atoms with Gasteiger partial charge in [0.2, 0.25) is 0 Å². The molecule has 5 heteroatoms. The van der Waals surface area contributed by atoms with Crippen LogP contribution in [0.4, 0.5) is 4.39 Å². The van der Waals surface area contributed by atoms with Crippen LogP contribution in [-0.2, 0) is 11.8 Å². The molecule has 0 radical (unpaired) electrons. The predicted octanol–water partition coefficient (Wildman–Crippen LogP) is 7.61. The minimum absolute atomic E-state index is 0.0849. The fourth-order valence-electron chi connectivity index (χ4n) is 5.65. The number of ether oxygens (including phenoxy) is 1. The monoisotopic (exact) mass is 468 g/mol. The maximum Gasteiger partial charge on any atom is 0.267 e. The zero-order valence-electron chi connectivity index (χ0n) is 22.4. The van der Waals surface area contributed by atoms with Crippen LogP contribution in [0.5, 0.6) is 5.75 Å². The van der Waals surface area contributed by atoms with E-state index in [0.29, 0.717) is 12.4 Å². The van der Waals surface area contributed by atoms with Crippen LogP contribution >= 0.6 is 0 Å². The molecule has 0 N–H and O–H groups in total. The summed E-state index contributed by atoms with van der Waals surface area (Å²) in [4.78, 5) is 2.46. The molecule has 1 heterocycles. The van der Waals surface area contributed by atoms with Crippen molar-refractivity contribution in [2.45, 2.75) is 104 Å². The number of halogens is 1. The summed E-state index contributed by atoms with van der Waals surface area (Å²) in [5.74, 6) is 2.93. The zero-order valence-corrected chi connectivity index (χ0v) is 22.4. The molecule has 1 aromatic carbocycles. The first-order valence-electron chi connectivity index (χ1n) is 13.7. The number of rotatable bonds is 14. The molecule has 0 bridgehead atoms. The SMILES string of the molecule is CC/C=C(/C)C1(c2c(F)cc(OCCN(CCC)CCCCC)cc2CC)CCB(C#N)CC1. The van der Waals surface area contributed by atoms with Crippen molar-refractivity contribution in [3.8, 4) is 11.7 Å². The smallest absolute Gasteiger partial charge is 0.267 e. The summed E-state index contributed by atoms with van der Waals surface area (Å²) in [5, 5.41) is 9.42. The summed E-state index contributed by atoms with van der Waals surface area (Å²) in [6.45, 7) is 14.6. The van der Waals surface area contributed by atoms with Gasteiger partial charge in [-0.3, -0.25) is 4.90 Å². The molecule has 1 fully saturated rings. The average Bonchev–Trinajstić information content (AvgIpc) is 2.84. The van der Waals surface area contributed by atoms with Gasteiger partial charge < -0.3 is 4.74 Å². The number of aryl methyl sites for hydroxylation is 1. The van der Waals surface area contributed by atoms with Gasteiger partial charge in [-0.1, -0.05) is 64.8 Å². The van der Waals surface area contributed by atoms with E-state index in [1.54, 1.807) is 6.07 Å². The van der Waals surface area contributed by atoms with E-state index < -0.39 is 0 Å². The molecule has 0 atom stereocenters. The summed E-state index contributed by atoms with van der Waals surface area (Å²) in [7, 11) is 0. The van der Waals surface area contributed by atoms with Gasteiger partial charge in [-0.05, 0) is 70.2 Å². The van der Waals surface area contributed by atoms with Crippen LogP contribution in [0.25, 0.3) is 0 Å². The summed E-state index contributed by atoms with van der Waals surface area (Å²) < 4.78 is 21.9. The van der Waals surface area contributed by atoms with Gasteiger partial charge >= 0.3 is 0 Å². The standard InChI is InChI=1S/C29H46BFN2O/c1-6-10-11-18-33(17-8-3)19-20-34-26-21-25(9-4)28(27(31)22-26)29(24(5)12-7-2)13-15-30(23-32)16-14-29/h12,21-22H,6-11,13-20H2,1-5H3/b24-12-. The minimum atomic E-state index is -0.311. The van der Waals surface area contributed by atoms with Crippen LogP contribution in [0.1, 0.15) is 90.7 Å². The minimum Gasteiger partial charge on any atom is -0.492 e. The van der Waals surface area contributed by atoms with Gasteiger partial charge in [0.25, 0.3) is 6.71 Å². The van der Waals surface area contributed by atoms with Gasteiger partial charge in [0, 0.05) is 29.6 Å². The lowest BCUT2D eigenvalue weighted by Gasteiger charge is -2.41. The number of benzene rings is 1. The highest BCUT2D eigenvalue weighted by molar-refractivity contribution is 6.67. The van der Waals surface area contributed by atoms with Crippen LogP contribution in [0.2, 0.25) is 12.6 Å². The number of allylic oxidation sites excluding steroid dienone is 2. The Hall–Kier alpha value is -1.80. The van der Waals surface area contributed by atoms with Crippen molar-refractivity contribution in [2.24, 2.45) is 0 Å². The number of nitriles is 1. The second-order valence-corrected chi connectivity index (χ2v) is 9.97. The second-order valence-electron chi connectivity index (χ2n) is 9.97. The van der Waals surface area contributed by atoms with E-state index in [4.69, 9.17) is 4.74 Å². The fraction of sp³-hybridized carbons (Fsp3) is 0.690. The van der Waals surface area contributed by atoms with E-state index in [-0.39, 0.29) is 17.9 Å². The molecule has 0 amide bonds. The quantitative estimate of drug-likeness (QED) is 0.160. The molecule has 34 heavy (non-hydrogen) atoms. The fourth-order valence-corrected chi connectivity index (χ4v) is 5.65. The molecule has 0 aromatic heterocycles. The van der Waals surface area contributed by atoms with Gasteiger partial charge in [-0.15, -0.1) is 0 Å². The first-order valence-corrected chi connectivity index (χ1v) is 13.7. The Bertz CT molecular complexity index is 824. The van der Waals surface area contributed by atoms with Gasteiger partial charge in [0.15, 0.2) is 0 Å². The Labute approximate surface area is 208 Å². The third-order valence-corrected chi connectivity index (χ3v) is 7.59. The Morgan fingerprint density at radius 3 is 2.44 bits per heavy atom. The lowest BCUT2D eigenvalue weighted by atomic mass is 9.38. The van der Waals surface area contributed by atoms with Crippen molar-refractivity contribution in [1.29, 1.82) is 5.26 Å². The maximum absolute atomic E-state index is 15.8. The topological polar surface area (TPSA) is 36.3 Å². The summed E-state index contributed by atoms with van der Waals surface area (Å²) >= 11 is 0. The van der Waals surface area contributed by atoms with Crippen LogP contribution < -0.4 is 4.74 Å². The van der Waals surface area contributed by atoms with Crippen molar-refractivity contribution in [1.82, 2.24) is 4.90 Å². The first-order chi connectivity index (χ1) is 16.4. The Morgan fingerprint density at radius 2 is 1.85 bits per heavy atom. The lowest BCUT2D eigenvalue weighted by Crippen LogP contribution is -2.37. The van der Waals surface area contributed by atoms with Gasteiger partial charge in [0.05, 0.1) is 0 Å². The molecule has 3 nitrogen and oxygen atoms in total. The summed E-state index contributed by atoms with van der Waals surface area (Å²) in [6, 6.07) is 3.67. The Morgan fingerprint density at radius 1 is 1.12 bits per heavy atom. The number of hydrogen-bond donors (Lipinski definition) is 0. The Kier molecular flexibility index (Phi) is 12.2. The van der Waals surface area contributed by atoms with Crippen molar-refractivity contribution >= 4 is 6.71 Å². The molecule has 1 aliphatic rings. The Balaban J connectivity index is 2.24. The molecule has 188 valence electrons. The van der Waals surface area contributed by atoms with Crippen molar-refractivity contribution in [2.75, 3.05) is 26.2 Å². The van der Waals surface area contributed by atoms with Crippen LogP contribution in [0.15, 0.2) is 23.8 Å². The summed E-state index contributed by atoms with van der Waals surface area (Å²) in [5.41, 5.74) is 2.82. The van der Waals surface area contributed by atoms with Crippen LogP contribution in [-0.4, -0.2) is 37.9 Å². The van der Waals surface area contributed by atoms with Crippen LogP contribution in [0, 0.1) is 17.0 Å². The van der Waals surface area contributed by atoms with Gasteiger partial charge in [-0.2, -0.15) is 0 Å². The average molecular weight is 469 g/mol. The zero-order chi connectivity index (χ0) is 25.0. The lowest BCUT2D eigenvalue weighted by molar-refractivity contribution is 0.205. The molecular formula is C29H46BFN2O. The van der Waals surface area contributed by atoms with E-state index in [1.165, 1.54) is 24.8 Å². The molecule has 1 saturated heterocycles. The molecule has 0 spiro atoms. The third-order valence-electron chi connectivity index (χ3n) is 7.59. The van der Waals surface area contributed by atoms with E-state index in [9.17, 15) is 5.26 Å². The van der Waals surface area contributed by atoms with Gasteiger partial charge in [-0.25, -0.2) is 9.65 Å². The van der Waals surface area contributed by atoms with Crippen molar-refractivity contribution in [3.05, 3.63) is 40.7 Å².